The summed E-state index contributed by atoms with van der Waals surface area (Å²) in [6.45, 7) is 6.23. The fraction of sp³-hybridized carbons (Fsp3) is 0.524. The Balaban J connectivity index is 1.74. The molecular formula is C21H28ClFN6O2. The zero-order valence-corrected chi connectivity index (χ0v) is 18.6. The predicted molar refractivity (Wildman–Crippen MR) is 115 cm³/mol. The molecule has 3 N–H and O–H groups in total. The molecule has 31 heavy (non-hydrogen) atoms. The van der Waals surface area contributed by atoms with Gasteiger partial charge < -0.3 is 5.73 Å². The van der Waals surface area contributed by atoms with Crippen LogP contribution in [0.1, 0.15) is 39.2 Å². The van der Waals surface area contributed by atoms with Crippen molar-refractivity contribution in [2.75, 3.05) is 6.54 Å². The van der Waals surface area contributed by atoms with Gasteiger partial charge in [0, 0.05) is 24.5 Å². The summed E-state index contributed by atoms with van der Waals surface area (Å²) in [5.41, 5.74) is 7.28. The lowest BCUT2D eigenvalue weighted by Gasteiger charge is -2.26. The van der Waals surface area contributed by atoms with Crippen LogP contribution in [0, 0.1) is 5.41 Å². The number of halogens is 2. The van der Waals surface area contributed by atoms with Crippen LogP contribution in [0.4, 0.5) is 4.39 Å². The van der Waals surface area contributed by atoms with Crippen molar-refractivity contribution < 1.29 is 14.0 Å². The van der Waals surface area contributed by atoms with Gasteiger partial charge in [0.25, 0.3) is 0 Å². The second-order valence-corrected chi connectivity index (χ2v) is 9.55. The number of likely N-dealkylation sites (tertiary alicyclic amines) is 1. The average molecular weight is 451 g/mol. The monoisotopic (exact) mass is 450 g/mol. The largest absolute Gasteiger partial charge is 0.320 e. The molecule has 0 radical (unpaired) electrons. The number of nitrogens with one attached hydrogen (secondary N) is 1. The van der Waals surface area contributed by atoms with Crippen LogP contribution in [0.2, 0.25) is 5.02 Å². The van der Waals surface area contributed by atoms with Gasteiger partial charge in [0.05, 0.1) is 17.8 Å². The van der Waals surface area contributed by atoms with Crippen LogP contribution in [0.25, 0.3) is 5.69 Å². The number of carbonyl (C=O) groups excluding carboxylic acids is 2. The van der Waals surface area contributed by atoms with Gasteiger partial charge in [0.1, 0.15) is 18.8 Å². The highest BCUT2D eigenvalue weighted by Crippen LogP contribution is 2.27. The molecule has 1 fully saturated rings. The Morgan fingerprint density at radius 2 is 2.13 bits per heavy atom. The zero-order valence-electron chi connectivity index (χ0n) is 17.9. The van der Waals surface area contributed by atoms with E-state index in [0.717, 1.165) is 11.3 Å². The van der Waals surface area contributed by atoms with Gasteiger partial charge in [-0.3, -0.25) is 19.8 Å². The second kappa shape index (κ2) is 9.42. The molecule has 1 saturated heterocycles. The van der Waals surface area contributed by atoms with E-state index in [-0.39, 0.29) is 24.9 Å². The number of alkyl halides is 1. The summed E-state index contributed by atoms with van der Waals surface area (Å²) in [7, 11) is 0. The predicted octanol–water partition coefficient (Wildman–Crippen LogP) is 2.24. The van der Waals surface area contributed by atoms with E-state index in [2.05, 4.69) is 15.4 Å². The smallest absolute Gasteiger partial charge is 0.244 e. The summed E-state index contributed by atoms with van der Waals surface area (Å²) in [4.78, 5) is 30.8. The third kappa shape index (κ3) is 6.09. The van der Waals surface area contributed by atoms with E-state index in [4.69, 9.17) is 17.3 Å². The number of imide groups is 1. The third-order valence-corrected chi connectivity index (χ3v) is 5.39. The Kier molecular flexibility index (Phi) is 7.08. The van der Waals surface area contributed by atoms with E-state index >= 15 is 0 Å². The van der Waals surface area contributed by atoms with Gasteiger partial charge in [0.2, 0.25) is 11.8 Å². The van der Waals surface area contributed by atoms with E-state index in [1.807, 2.05) is 20.8 Å². The van der Waals surface area contributed by atoms with E-state index in [1.54, 1.807) is 34.1 Å². The molecule has 168 valence electrons. The normalized spacial score (nSPS) is 20.6. The van der Waals surface area contributed by atoms with Crippen LogP contribution in [0.3, 0.4) is 0 Å². The standard InChI is InChI=1S/C21H28ClFN6O2/c1-21(2,3)8-16(24)19(30)27-20(31)18-7-15(23)10-28(18)9-13-6-14(22)4-5-17(13)29-12-25-11-26-29/h4-6,11-12,15-16,18H,7-10,24H2,1-3H3,(H,27,30,31)/t15-,16-,18?/m1/s1. The van der Waals surface area contributed by atoms with Crippen LogP contribution in [0.5, 0.6) is 0 Å². The van der Waals surface area contributed by atoms with Crippen molar-refractivity contribution >= 4 is 23.4 Å². The van der Waals surface area contributed by atoms with Crippen LogP contribution in [0.15, 0.2) is 30.9 Å². The van der Waals surface area contributed by atoms with Crippen molar-refractivity contribution in [3.8, 4) is 5.69 Å². The van der Waals surface area contributed by atoms with Crippen molar-refractivity contribution in [1.29, 1.82) is 0 Å². The third-order valence-electron chi connectivity index (χ3n) is 5.15. The topological polar surface area (TPSA) is 106 Å². The number of nitrogens with zero attached hydrogens (tertiary/aromatic N) is 4. The summed E-state index contributed by atoms with van der Waals surface area (Å²) < 4.78 is 15.9. The first-order chi connectivity index (χ1) is 14.5. The first-order valence-corrected chi connectivity index (χ1v) is 10.5. The number of carbonyl (C=O) groups is 2. The van der Waals surface area contributed by atoms with E-state index in [0.29, 0.717) is 11.4 Å². The van der Waals surface area contributed by atoms with Gasteiger partial charge >= 0.3 is 0 Å². The van der Waals surface area contributed by atoms with Gasteiger partial charge in [0.15, 0.2) is 0 Å². The van der Waals surface area contributed by atoms with Gasteiger partial charge in [-0.2, -0.15) is 5.10 Å². The molecule has 3 rings (SSSR count). The Labute approximate surface area is 185 Å². The molecule has 0 saturated carbocycles. The lowest BCUT2D eigenvalue weighted by atomic mass is 9.88. The highest BCUT2D eigenvalue weighted by molar-refractivity contribution is 6.30. The molecule has 0 bridgehead atoms. The Morgan fingerprint density at radius 1 is 1.39 bits per heavy atom. The van der Waals surface area contributed by atoms with Crippen LogP contribution in [-0.4, -0.2) is 56.3 Å². The molecule has 2 amide bonds. The molecule has 1 aliphatic rings. The summed E-state index contributed by atoms with van der Waals surface area (Å²) in [5.74, 6) is -1.09. The lowest BCUT2D eigenvalue weighted by molar-refractivity contribution is -0.134. The van der Waals surface area contributed by atoms with Crippen molar-refractivity contribution in [3.05, 3.63) is 41.4 Å². The van der Waals surface area contributed by atoms with Crippen molar-refractivity contribution in [2.24, 2.45) is 11.1 Å². The Hall–Kier alpha value is -2.36. The SMILES string of the molecule is CC(C)(C)C[C@@H](N)C(=O)NC(=O)C1C[C@@H](F)CN1Cc1cc(Cl)ccc1-n1cncn1. The van der Waals surface area contributed by atoms with Crippen molar-refractivity contribution in [1.82, 2.24) is 25.0 Å². The fourth-order valence-corrected chi connectivity index (χ4v) is 4.00. The van der Waals surface area contributed by atoms with Crippen LogP contribution < -0.4 is 11.1 Å². The Morgan fingerprint density at radius 3 is 2.77 bits per heavy atom. The quantitative estimate of drug-likeness (QED) is 0.699. The van der Waals surface area contributed by atoms with Gasteiger partial charge in [-0.25, -0.2) is 14.1 Å². The number of rotatable bonds is 6. The number of aromatic nitrogens is 3. The molecule has 3 atom stereocenters. The maximum Gasteiger partial charge on any atom is 0.244 e. The lowest BCUT2D eigenvalue weighted by Crippen LogP contribution is -2.50. The van der Waals surface area contributed by atoms with Crippen molar-refractivity contribution in [3.63, 3.8) is 0 Å². The Bertz CT molecular complexity index is 930. The molecule has 0 aliphatic carbocycles. The highest BCUT2D eigenvalue weighted by atomic mass is 35.5. The van der Waals surface area contributed by atoms with Gasteiger partial charge in [-0.1, -0.05) is 32.4 Å². The summed E-state index contributed by atoms with van der Waals surface area (Å²) in [5, 5.41) is 7.02. The number of hydrogen-bond donors (Lipinski definition) is 2. The maximum absolute atomic E-state index is 14.3. The molecular weight excluding hydrogens is 423 g/mol. The van der Waals surface area contributed by atoms with Crippen molar-refractivity contribution in [2.45, 2.75) is 58.4 Å². The molecule has 1 aliphatic heterocycles. The minimum Gasteiger partial charge on any atom is -0.320 e. The summed E-state index contributed by atoms with van der Waals surface area (Å²) in [6.07, 6.45) is 2.22. The number of amides is 2. The summed E-state index contributed by atoms with van der Waals surface area (Å²) >= 11 is 6.17. The number of benzene rings is 1. The van der Waals surface area contributed by atoms with E-state index < -0.39 is 30.1 Å². The second-order valence-electron chi connectivity index (χ2n) is 9.12. The number of hydrogen-bond acceptors (Lipinski definition) is 6. The molecule has 8 nitrogen and oxygen atoms in total. The van der Waals surface area contributed by atoms with Crippen LogP contribution >= 0.6 is 11.6 Å². The first kappa shape index (κ1) is 23.3. The van der Waals surface area contributed by atoms with Gasteiger partial charge in [-0.15, -0.1) is 0 Å². The molecule has 0 spiro atoms. The van der Waals surface area contributed by atoms with E-state index in [1.165, 1.54) is 6.33 Å². The van der Waals surface area contributed by atoms with E-state index in [9.17, 15) is 14.0 Å². The first-order valence-electron chi connectivity index (χ1n) is 10.2. The summed E-state index contributed by atoms with van der Waals surface area (Å²) in [6, 6.07) is 3.67. The molecule has 1 unspecified atom stereocenters. The zero-order chi connectivity index (χ0) is 22.8. The molecule has 1 aromatic heterocycles. The minimum atomic E-state index is -1.18. The minimum absolute atomic E-state index is 0.00679. The number of nitrogens with two attached hydrogens (primary N) is 1. The maximum atomic E-state index is 14.3. The highest BCUT2D eigenvalue weighted by Gasteiger charge is 2.38. The van der Waals surface area contributed by atoms with Crippen LogP contribution in [-0.2, 0) is 16.1 Å². The molecule has 10 heteroatoms. The molecule has 2 aromatic rings. The average Bonchev–Trinajstić information content (AvgIpc) is 3.30. The fourth-order valence-electron chi connectivity index (χ4n) is 3.80. The van der Waals surface area contributed by atoms with Gasteiger partial charge in [-0.05, 0) is 35.6 Å². The molecule has 2 heterocycles. The molecule has 1 aromatic carbocycles.